The molecule has 1 fully saturated rings. The molecule has 16 heavy (non-hydrogen) atoms. The molecule has 0 radical (unpaired) electrons. The van der Waals surface area contributed by atoms with E-state index in [-0.39, 0.29) is 11.8 Å². The van der Waals surface area contributed by atoms with Crippen LogP contribution in [0.25, 0.3) is 0 Å². The monoisotopic (exact) mass is 237 g/mol. The molecule has 1 aliphatic rings. The fourth-order valence-corrected chi connectivity index (χ4v) is 1.92. The van der Waals surface area contributed by atoms with Gasteiger partial charge in [0, 0.05) is 17.5 Å². The van der Waals surface area contributed by atoms with E-state index < -0.39 is 0 Å². The molecule has 0 heterocycles. The Bertz CT molecular complexity index is 357. The predicted octanol–water partition coefficient (Wildman–Crippen LogP) is 2.80. The fraction of sp³-hybridized carbons (Fsp3) is 0.462. The van der Waals surface area contributed by atoms with Gasteiger partial charge in [-0.1, -0.05) is 30.2 Å². The summed E-state index contributed by atoms with van der Waals surface area (Å²) in [6.07, 6.45) is 4.20. The normalized spacial score (nSPS) is 15.6. The minimum Gasteiger partial charge on any atom is -0.356 e. The second-order valence-electron chi connectivity index (χ2n) is 4.30. The highest BCUT2D eigenvalue weighted by Crippen LogP contribution is 2.26. The van der Waals surface area contributed by atoms with Gasteiger partial charge in [0.2, 0.25) is 5.91 Å². The van der Waals surface area contributed by atoms with Crippen LogP contribution in [0, 0.1) is 5.92 Å². The van der Waals surface area contributed by atoms with E-state index in [0.29, 0.717) is 0 Å². The van der Waals surface area contributed by atoms with Crippen molar-refractivity contribution < 1.29 is 4.79 Å². The van der Waals surface area contributed by atoms with E-state index >= 15 is 0 Å². The van der Waals surface area contributed by atoms with Crippen molar-refractivity contribution >= 4 is 17.5 Å². The summed E-state index contributed by atoms with van der Waals surface area (Å²) in [7, 11) is 0. The number of rotatable bonds is 4. The topological polar surface area (TPSA) is 29.1 Å². The van der Waals surface area contributed by atoms with Crippen LogP contribution < -0.4 is 5.32 Å². The molecule has 0 saturated heterocycles. The van der Waals surface area contributed by atoms with E-state index in [1.54, 1.807) is 0 Å². The lowest BCUT2D eigenvalue weighted by molar-refractivity contribution is -0.127. The van der Waals surface area contributed by atoms with Crippen LogP contribution in [0.5, 0.6) is 0 Å². The van der Waals surface area contributed by atoms with Crippen LogP contribution in [0.4, 0.5) is 0 Å². The molecule has 0 spiro atoms. The van der Waals surface area contributed by atoms with Crippen LogP contribution >= 0.6 is 11.6 Å². The van der Waals surface area contributed by atoms with E-state index in [2.05, 4.69) is 5.32 Å². The number of halogens is 1. The van der Waals surface area contributed by atoms with Crippen molar-refractivity contribution in [3.05, 3.63) is 34.9 Å². The Labute approximate surface area is 101 Å². The van der Waals surface area contributed by atoms with Gasteiger partial charge in [-0.3, -0.25) is 4.79 Å². The lowest BCUT2D eigenvalue weighted by Gasteiger charge is -2.23. The van der Waals surface area contributed by atoms with Gasteiger partial charge in [0.05, 0.1) is 0 Å². The average molecular weight is 238 g/mol. The Hall–Kier alpha value is -1.02. The molecule has 3 heteroatoms. The van der Waals surface area contributed by atoms with Crippen molar-refractivity contribution in [1.29, 1.82) is 0 Å². The molecule has 1 aliphatic carbocycles. The quantitative estimate of drug-likeness (QED) is 0.857. The molecule has 0 unspecified atom stereocenters. The largest absolute Gasteiger partial charge is 0.356 e. The summed E-state index contributed by atoms with van der Waals surface area (Å²) in [4.78, 5) is 11.5. The summed E-state index contributed by atoms with van der Waals surface area (Å²) in [6, 6.07) is 7.75. The minimum atomic E-state index is 0.222. The molecule has 1 saturated carbocycles. The number of carbonyl (C=O) groups is 1. The Kier molecular flexibility index (Phi) is 3.83. The lowest BCUT2D eigenvalue weighted by Crippen LogP contribution is -2.35. The first kappa shape index (κ1) is 11.5. The average Bonchev–Trinajstić information content (AvgIpc) is 2.18. The Morgan fingerprint density at radius 3 is 2.56 bits per heavy atom. The summed E-state index contributed by atoms with van der Waals surface area (Å²) in [5, 5.41) is 3.73. The molecule has 1 aromatic rings. The first-order chi connectivity index (χ1) is 7.75. The van der Waals surface area contributed by atoms with Gasteiger partial charge in [0.25, 0.3) is 0 Å². The highest BCUT2D eigenvalue weighted by atomic mass is 35.5. The van der Waals surface area contributed by atoms with Crippen LogP contribution in [0.15, 0.2) is 24.3 Å². The third-order valence-corrected chi connectivity index (χ3v) is 3.35. The van der Waals surface area contributed by atoms with E-state index in [9.17, 15) is 4.79 Å². The van der Waals surface area contributed by atoms with Gasteiger partial charge < -0.3 is 5.32 Å². The van der Waals surface area contributed by atoms with E-state index in [1.165, 1.54) is 12.0 Å². The first-order valence-corrected chi connectivity index (χ1v) is 6.15. The first-order valence-electron chi connectivity index (χ1n) is 5.78. The minimum absolute atomic E-state index is 0.222. The molecule has 0 atom stereocenters. The predicted molar refractivity (Wildman–Crippen MR) is 65.5 cm³/mol. The Morgan fingerprint density at radius 1 is 1.31 bits per heavy atom. The second kappa shape index (κ2) is 5.35. The second-order valence-corrected chi connectivity index (χ2v) is 4.73. The van der Waals surface area contributed by atoms with Gasteiger partial charge in [-0.25, -0.2) is 0 Å². The van der Waals surface area contributed by atoms with Gasteiger partial charge in [0.15, 0.2) is 0 Å². The summed E-state index contributed by atoms with van der Waals surface area (Å²) in [6.45, 7) is 0.719. The van der Waals surface area contributed by atoms with Crippen LogP contribution in [-0.4, -0.2) is 12.5 Å². The number of hydrogen-bond acceptors (Lipinski definition) is 1. The van der Waals surface area contributed by atoms with Gasteiger partial charge in [0.1, 0.15) is 0 Å². The van der Waals surface area contributed by atoms with Gasteiger partial charge in [-0.2, -0.15) is 0 Å². The van der Waals surface area contributed by atoms with Crippen molar-refractivity contribution in [2.45, 2.75) is 25.7 Å². The van der Waals surface area contributed by atoms with Crippen LogP contribution in [0.1, 0.15) is 24.8 Å². The lowest BCUT2D eigenvalue weighted by atomic mass is 9.85. The summed E-state index contributed by atoms with van der Waals surface area (Å²) in [5.74, 6) is 0.505. The standard InChI is InChI=1S/C13H16ClNO/c14-12-6-4-10(5-7-12)8-9-15-13(16)11-2-1-3-11/h4-7,11H,1-3,8-9H2,(H,15,16). The van der Waals surface area contributed by atoms with E-state index in [0.717, 1.165) is 30.8 Å². The molecule has 0 aromatic heterocycles. The molecular weight excluding hydrogens is 222 g/mol. The fourth-order valence-electron chi connectivity index (χ4n) is 1.80. The summed E-state index contributed by atoms with van der Waals surface area (Å²) >= 11 is 5.79. The molecule has 0 bridgehead atoms. The number of nitrogens with one attached hydrogen (secondary N) is 1. The van der Waals surface area contributed by atoms with Crippen molar-refractivity contribution in [1.82, 2.24) is 5.32 Å². The maximum atomic E-state index is 11.5. The van der Waals surface area contributed by atoms with Gasteiger partial charge in [-0.15, -0.1) is 0 Å². The van der Waals surface area contributed by atoms with Crippen molar-refractivity contribution in [3.63, 3.8) is 0 Å². The van der Waals surface area contributed by atoms with Crippen molar-refractivity contribution in [2.24, 2.45) is 5.92 Å². The highest BCUT2D eigenvalue weighted by Gasteiger charge is 2.24. The molecular formula is C13H16ClNO. The zero-order chi connectivity index (χ0) is 11.4. The Morgan fingerprint density at radius 2 is 2.00 bits per heavy atom. The number of benzene rings is 1. The number of carbonyl (C=O) groups excluding carboxylic acids is 1. The van der Waals surface area contributed by atoms with Crippen LogP contribution in [0.3, 0.4) is 0 Å². The Balaban J connectivity index is 1.71. The third kappa shape index (κ3) is 2.99. The zero-order valence-electron chi connectivity index (χ0n) is 9.21. The smallest absolute Gasteiger partial charge is 0.223 e. The van der Waals surface area contributed by atoms with Crippen molar-refractivity contribution in [3.8, 4) is 0 Å². The molecule has 1 amide bonds. The molecule has 0 aliphatic heterocycles. The number of amides is 1. The highest BCUT2D eigenvalue weighted by molar-refractivity contribution is 6.30. The molecule has 1 N–H and O–H groups in total. The van der Waals surface area contributed by atoms with Gasteiger partial charge in [-0.05, 0) is 37.0 Å². The van der Waals surface area contributed by atoms with E-state index in [4.69, 9.17) is 11.6 Å². The molecule has 2 nitrogen and oxygen atoms in total. The van der Waals surface area contributed by atoms with Gasteiger partial charge >= 0.3 is 0 Å². The maximum absolute atomic E-state index is 11.5. The van der Waals surface area contributed by atoms with Crippen molar-refractivity contribution in [2.75, 3.05) is 6.54 Å². The van der Waals surface area contributed by atoms with Crippen LogP contribution in [-0.2, 0) is 11.2 Å². The zero-order valence-corrected chi connectivity index (χ0v) is 9.96. The molecule has 2 rings (SSSR count). The maximum Gasteiger partial charge on any atom is 0.223 e. The SMILES string of the molecule is O=C(NCCc1ccc(Cl)cc1)C1CCC1. The number of hydrogen-bond donors (Lipinski definition) is 1. The summed E-state index contributed by atoms with van der Waals surface area (Å²) < 4.78 is 0. The third-order valence-electron chi connectivity index (χ3n) is 3.10. The summed E-state index contributed by atoms with van der Waals surface area (Å²) in [5.41, 5.74) is 1.21. The van der Waals surface area contributed by atoms with Crippen LogP contribution in [0.2, 0.25) is 5.02 Å². The molecule has 86 valence electrons. The molecule has 1 aromatic carbocycles. The van der Waals surface area contributed by atoms with E-state index in [1.807, 2.05) is 24.3 Å².